The Kier molecular flexibility index (Phi) is 5.25. The summed E-state index contributed by atoms with van der Waals surface area (Å²) in [6, 6.07) is -0.0118. The first-order chi connectivity index (χ1) is 12.1. The summed E-state index contributed by atoms with van der Waals surface area (Å²) in [7, 11) is 1.81. The van der Waals surface area contributed by atoms with Crippen LogP contribution in [0.25, 0.3) is 0 Å². The largest absolute Gasteiger partial charge is 0.372 e. The van der Waals surface area contributed by atoms with Crippen molar-refractivity contribution in [2.45, 2.75) is 51.5 Å². The third kappa shape index (κ3) is 3.94. The van der Waals surface area contributed by atoms with Crippen LogP contribution in [0.2, 0.25) is 0 Å². The lowest BCUT2D eigenvalue weighted by atomic mass is 10.1. The summed E-state index contributed by atoms with van der Waals surface area (Å²) in [5, 5.41) is 6.92. The van der Waals surface area contributed by atoms with E-state index in [1.807, 2.05) is 18.7 Å². The topological polar surface area (TPSA) is 97.0 Å². The Labute approximate surface area is 147 Å². The molecule has 3 heterocycles. The van der Waals surface area contributed by atoms with Gasteiger partial charge in [0.15, 0.2) is 5.82 Å². The average Bonchev–Trinajstić information content (AvgIpc) is 3.29. The molecule has 2 aromatic rings. The zero-order valence-electron chi connectivity index (χ0n) is 14.9. The minimum atomic E-state index is -0.0118. The SMILES string of the molecule is CNc1cncc(C2CCCN2C(=O)CCc2nc(C(C)C)no2)n1. The fourth-order valence-electron chi connectivity index (χ4n) is 3.00. The van der Waals surface area contributed by atoms with Gasteiger partial charge in [0.1, 0.15) is 5.82 Å². The number of aromatic nitrogens is 4. The molecule has 1 atom stereocenters. The Morgan fingerprint density at radius 2 is 2.24 bits per heavy atom. The summed E-state index contributed by atoms with van der Waals surface area (Å²) in [6.07, 6.45) is 6.11. The minimum Gasteiger partial charge on any atom is -0.372 e. The van der Waals surface area contributed by atoms with Crippen molar-refractivity contribution in [1.29, 1.82) is 0 Å². The molecule has 25 heavy (non-hydrogen) atoms. The summed E-state index contributed by atoms with van der Waals surface area (Å²) < 4.78 is 5.22. The van der Waals surface area contributed by atoms with Crippen LogP contribution in [0.5, 0.6) is 0 Å². The van der Waals surface area contributed by atoms with Gasteiger partial charge < -0.3 is 14.7 Å². The maximum absolute atomic E-state index is 12.7. The van der Waals surface area contributed by atoms with Crippen molar-refractivity contribution in [3.05, 3.63) is 29.8 Å². The van der Waals surface area contributed by atoms with Gasteiger partial charge in [-0.3, -0.25) is 9.78 Å². The van der Waals surface area contributed by atoms with E-state index in [-0.39, 0.29) is 17.9 Å². The van der Waals surface area contributed by atoms with Gasteiger partial charge in [0.2, 0.25) is 11.8 Å². The monoisotopic (exact) mass is 344 g/mol. The van der Waals surface area contributed by atoms with Gasteiger partial charge in [0.25, 0.3) is 0 Å². The van der Waals surface area contributed by atoms with Gasteiger partial charge >= 0.3 is 0 Å². The number of carbonyl (C=O) groups is 1. The molecular formula is C17H24N6O2. The van der Waals surface area contributed by atoms with Crippen LogP contribution in [0.3, 0.4) is 0 Å². The van der Waals surface area contributed by atoms with Gasteiger partial charge in [-0.2, -0.15) is 4.98 Å². The van der Waals surface area contributed by atoms with Crippen molar-refractivity contribution in [1.82, 2.24) is 25.0 Å². The van der Waals surface area contributed by atoms with Gasteiger partial charge in [0, 0.05) is 32.4 Å². The molecule has 1 N–H and O–H groups in total. The van der Waals surface area contributed by atoms with E-state index >= 15 is 0 Å². The van der Waals surface area contributed by atoms with Crippen LogP contribution in [-0.2, 0) is 11.2 Å². The zero-order valence-corrected chi connectivity index (χ0v) is 14.9. The highest BCUT2D eigenvalue weighted by molar-refractivity contribution is 5.77. The van der Waals surface area contributed by atoms with Gasteiger partial charge in [-0.05, 0) is 12.8 Å². The second-order valence-electron chi connectivity index (χ2n) is 6.53. The minimum absolute atomic E-state index is 0.0118. The van der Waals surface area contributed by atoms with Crippen LogP contribution in [0.1, 0.15) is 62.5 Å². The molecule has 3 rings (SSSR count). The summed E-state index contributed by atoms with van der Waals surface area (Å²) in [5.74, 6) is 2.21. The fourth-order valence-corrected chi connectivity index (χ4v) is 3.00. The number of anilines is 1. The van der Waals surface area contributed by atoms with Crippen LogP contribution in [0.15, 0.2) is 16.9 Å². The Balaban J connectivity index is 1.63. The molecule has 1 saturated heterocycles. The van der Waals surface area contributed by atoms with Crippen molar-refractivity contribution in [2.75, 3.05) is 18.9 Å². The van der Waals surface area contributed by atoms with E-state index in [9.17, 15) is 4.79 Å². The van der Waals surface area contributed by atoms with Crippen LogP contribution in [0, 0.1) is 0 Å². The van der Waals surface area contributed by atoms with Gasteiger partial charge in [-0.15, -0.1) is 0 Å². The molecule has 0 bridgehead atoms. The second kappa shape index (κ2) is 7.58. The van der Waals surface area contributed by atoms with Crippen LogP contribution >= 0.6 is 0 Å². The van der Waals surface area contributed by atoms with Crippen molar-refractivity contribution in [3.63, 3.8) is 0 Å². The van der Waals surface area contributed by atoms with Crippen molar-refractivity contribution in [3.8, 4) is 0 Å². The molecule has 0 saturated carbocycles. The molecule has 0 aliphatic carbocycles. The number of carbonyl (C=O) groups excluding carboxylic acids is 1. The van der Waals surface area contributed by atoms with Crippen LogP contribution < -0.4 is 5.32 Å². The van der Waals surface area contributed by atoms with E-state index in [2.05, 4.69) is 25.4 Å². The highest BCUT2D eigenvalue weighted by Crippen LogP contribution is 2.31. The highest BCUT2D eigenvalue weighted by atomic mass is 16.5. The molecule has 1 aliphatic rings. The summed E-state index contributed by atoms with van der Waals surface area (Å²) >= 11 is 0. The summed E-state index contributed by atoms with van der Waals surface area (Å²) in [4.78, 5) is 27.6. The number of hydrogen-bond donors (Lipinski definition) is 1. The van der Waals surface area contributed by atoms with E-state index in [1.165, 1.54) is 0 Å². The molecule has 2 aromatic heterocycles. The molecule has 0 radical (unpaired) electrons. The quantitative estimate of drug-likeness (QED) is 0.859. The maximum atomic E-state index is 12.7. The van der Waals surface area contributed by atoms with Gasteiger partial charge in [-0.25, -0.2) is 4.98 Å². The number of rotatable bonds is 6. The third-order valence-corrected chi connectivity index (χ3v) is 4.38. The van der Waals surface area contributed by atoms with Crippen molar-refractivity contribution < 1.29 is 9.32 Å². The first kappa shape index (κ1) is 17.3. The second-order valence-corrected chi connectivity index (χ2v) is 6.53. The number of nitrogens with zero attached hydrogens (tertiary/aromatic N) is 5. The Hall–Kier alpha value is -2.51. The Bertz CT molecular complexity index is 729. The highest BCUT2D eigenvalue weighted by Gasteiger charge is 2.31. The molecule has 1 fully saturated rings. The maximum Gasteiger partial charge on any atom is 0.227 e. The first-order valence-electron chi connectivity index (χ1n) is 8.70. The number of nitrogens with one attached hydrogen (secondary N) is 1. The predicted molar refractivity (Wildman–Crippen MR) is 92.0 cm³/mol. The normalized spacial score (nSPS) is 17.3. The number of amides is 1. The molecule has 1 aliphatic heterocycles. The van der Waals surface area contributed by atoms with E-state index < -0.39 is 0 Å². The van der Waals surface area contributed by atoms with Crippen LogP contribution in [-0.4, -0.2) is 44.5 Å². The van der Waals surface area contributed by atoms with E-state index in [0.29, 0.717) is 30.4 Å². The molecule has 8 nitrogen and oxygen atoms in total. The molecule has 0 spiro atoms. The standard InChI is InChI=1S/C17H24N6O2/c1-11(2)17-21-15(25-22-17)6-7-16(24)23-8-4-5-13(23)12-9-19-10-14(18-3)20-12/h9-11,13H,4-8H2,1-3H3,(H,18,20). The summed E-state index contributed by atoms with van der Waals surface area (Å²) in [6.45, 7) is 4.76. The first-order valence-corrected chi connectivity index (χ1v) is 8.70. The van der Waals surface area contributed by atoms with E-state index in [0.717, 1.165) is 25.1 Å². The zero-order chi connectivity index (χ0) is 17.8. The van der Waals surface area contributed by atoms with Crippen molar-refractivity contribution in [2.24, 2.45) is 0 Å². The van der Waals surface area contributed by atoms with Crippen LogP contribution in [0.4, 0.5) is 5.82 Å². The Morgan fingerprint density at radius 1 is 1.40 bits per heavy atom. The average molecular weight is 344 g/mol. The predicted octanol–water partition coefficient (Wildman–Crippen LogP) is 2.32. The summed E-state index contributed by atoms with van der Waals surface area (Å²) in [5.41, 5.74) is 0.831. The van der Waals surface area contributed by atoms with Gasteiger partial charge in [-0.1, -0.05) is 19.0 Å². The fraction of sp³-hybridized carbons (Fsp3) is 0.588. The van der Waals surface area contributed by atoms with E-state index in [1.54, 1.807) is 19.4 Å². The molecule has 8 heteroatoms. The lowest BCUT2D eigenvalue weighted by Gasteiger charge is -2.24. The molecular weight excluding hydrogens is 320 g/mol. The molecule has 1 amide bonds. The Morgan fingerprint density at radius 3 is 2.96 bits per heavy atom. The molecule has 1 unspecified atom stereocenters. The third-order valence-electron chi connectivity index (χ3n) is 4.38. The lowest BCUT2D eigenvalue weighted by molar-refractivity contribution is -0.132. The molecule has 0 aromatic carbocycles. The van der Waals surface area contributed by atoms with E-state index in [4.69, 9.17) is 4.52 Å². The van der Waals surface area contributed by atoms with Gasteiger partial charge in [0.05, 0.1) is 24.1 Å². The molecule has 134 valence electrons. The van der Waals surface area contributed by atoms with Crippen molar-refractivity contribution >= 4 is 11.7 Å². The number of hydrogen-bond acceptors (Lipinski definition) is 7. The number of aryl methyl sites for hydroxylation is 1. The lowest BCUT2D eigenvalue weighted by Crippen LogP contribution is -2.31. The number of likely N-dealkylation sites (tertiary alicyclic amines) is 1. The smallest absolute Gasteiger partial charge is 0.227 e.